The second-order valence-electron chi connectivity index (χ2n) is 8.62. The van der Waals surface area contributed by atoms with Crippen LogP contribution in [0.25, 0.3) is 0 Å². The van der Waals surface area contributed by atoms with Crippen LogP contribution in [0.5, 0.6) is 11.5 Å². The first kappa shape index (κ1) is 20.4. The average Bonchev–Trinajstić information content (AvgIpc) is 3.32. The predicted octanol–water partition coefficient (Wildman–Crippen LogP) is 3.93. The number of hydrogen-bond donors (Lipinski definition) is 2. The lowest BCUT2D eigenvalue weighted by Crippen LogP contribution is -2.32. The van der Waals surface area contributed by atoms with Gasteiger partial charge in [-0.3, -0.25) is 9.59 Å². The topological polar surface area (TPSA) is 98.9 Å². The third kappa shape index (κ3) is 3.45. The van der Waals surface area contributed by atoms with Crippen LogP contribution in [0.15, 0.2) is 48.5 Å². The highest BCUT2D eigenvalue weighted by molar-refractivity contribution is 5.80. The Labute approximate surface area is 176 Å². The van der Waals surface area contributed by atoms with Crippen molar-refractivity contribution in [2.24, 2.45) is 23.5 Å². The van der Waals surface area contributed by atoms with Gasteiger partial charge >= 0.3 is 11.9 Å². The summed E-state index contributed by atoms with van der Waals surface area (Å²) >= 11 is 0. The van der Waals surface area contributed by atoms with E-state index < -0.39 is 23.5 Å². The van der Waals surface area contributed by atoms with E-state index in [-0.39, 0.29) is 24.3 Å². The van der Waals surface area contributed by atoms with E-state index in [4.69, 9.17) is 15.2 Å². The molecule has 0 aromatic heterocycles. The molecule has 4 rings (SSSR count). The number of aliphatic carboxylic acids is 1. The monoisotopic (exact) mass is 409 g/mol. The third-order valence-corrected chi connectivity index (χ3v) is 6.24. The summed E-state index contributed by atoms with van der Waals surface area (Å²) in [6.07, 6.45) is 1.05. The van der Waals surface area contributed by atoms with E-state index in [1.54, 1.807) is 0 Å². The molecule has 2 aliphatic rings. The number of hydrogen-bond acceptors (Lipinski definition) is 5. The van der Waals surface area contributed by atoms with Crippen LogP contribution in [0.3, 0.4) is 0 Å². The molecular weight excluding hydrogens is 382 g/mol. The van der Waals surface area contributed by atoms with Crippen molar-refractivity contribution in [3.63, 3.8) is 0 Å². The third-order valence-electron chi connectivity index (χ3n) is 6.24. The maximum Gasteiger partial charge on any atom is 0.320 e. The van der Waals surface area contributed by atoms with E-state index >= 15 is 0 Å². The summed E-state index contributed by atoms with van der Waals surface area (Å²) in [7, 11) is 0. The average molecular weight is 409 g/mol. The van der Waals surface area contributed by atoms with Gasteiger partial charge in [-0.25, -0.2) is 0 Å². The first-order valence-corrected chi connectivity index (χ1v) is 10.4. The van der Waals surface area contributed by atoms with Gasteiger partial charge in [-0.15, -0.1) is 0 Å². The maximum absolute atomic E-state index is 12.2. The Morgan fingerprint density at radius 1 is 1.10 bits per heavy atom. The minimum atomic E-state index is -1.07. The van der Waals surface area contributed by atoms with Crippen LogP contribution in [0.2, 0.25) is 0 Å². The van der Waals surface area contributed by atoms with Gasteiger partial charge in [0.15, 0.2) is 0 Å². The minimum absolute atomic E-state index is 0.143. The number of carbonyl (C=O) groups is 2. The highest BCUT2D eigenvalue weighted by Gasteiger charge is 2.72. The van der Waals surface area contributed by atoms with Gasteiger partial charge < -0.3 is 20.3 Å². The molecule has 2 aromatic carbocycles. The number of carboxylic acids is 1. The van der Waals surface area contributed by atoms with Crippen molar-refractivity contribution in [1.82, 2.24) is 0 Å². The minimum Gasteiger partial charge on any atom is -0.481 e. The van der Waals surface area contributed by atoms with Gasteiger partial charge in [0.05, 0.1) is 6.54 Å². The molecule has 1 fully saturated rings. The summed E-state index contributed by atoms with van der Waals surface area (Å²) in [6, 6.07) is 15.5. The van der Waals surface area contributed by atoms with E-state index in [0.717, 1.165) is 22.6 Å². The number of carboxylic acid groups (broad SMARTS) is 1. The SMILES string of the molecule is CC(C)CC1C(C(=O)O)C1(CC1c2ccccc2Oc2ccccc21)OC(=O)CN. The van der Waals surface area contributed by atoms with E-state index in [0.29, 0.717) is 12.8 Å². The molecule has 3 atom stereocenters. The van der Waals surface area contributed by atoms with Crippen molar-refractivity contribution in [3.05, 3.63) is 59.7 Å². The number of para-hydroxylation sites is 2. The highest BCUT2D eigenvalue weighted by Crippen LogP contribution is 2.62. The van der Waals surface area contributed by atoms with Gasteiger partial charge in [0.25, 0.3) is 0 Å². The number of carbonyl (C=O) groups excluding carboxylic acids is 1. The van der Waals surface area contributed by atoms with Gasteiger partial charge in [-0.05, 0) is 30.9 Å². The lowest BCUT2D eigenvalue weighted by Gasteiger charge is -2.31. The molecule has 30 heavy (non-hydrogen) atoms. The zero-order chi connectivity index (χ0) is 21.5. The van der Waals surface area contributed by atoms with E-state index in [9.17, 15) is 14.7 Å². The van der Waals surface area contributed by atoms with E-state index in [2.05, 4.69) is 0 Å². The van der Waals surface area contributed by atoms with Crippen LogP contribution in [0.4, 0.5) is 0 Å². The summed E-state index contributed by atoms with van der Waals surface area (Å²) < 4.78 is 11.9. The molecule has 0 spiro atoms. The van der Waals surface area contributed by atoms with Crippen LogP contribution in [-0.4, -0.2) is 29.2 Å². The zero-order valence-corrected chi connectivity index (χ0v) is 17.2. The Morgan fingerprint density at radius 2 is 1.67 bits per heavy atom. The Kier molecular flexibility index (Phi) is 5.28. The normalized spacial score (nSPS) is 24.5. The van der Waals surface area contributed by atoms with E-state index in [1.807, 2.05) is 62.4 Å². The lowest BCUT2D eigenvalue weighted by molar-refractivity contribution is -0.154. The molecule has 0 saturated heterocycles. The van der Waals surface area contributed by atoms with Crippen molar-refractivity contribution < 1.29 is 24.2 Å². The van der Waals surface area contributed by atoms with Crippen molar-refractivity contribution in [1.29, 1.82) is 0 Å². The summed E-state index contributed by atoms with van der Waals surface area (Å²) in [5.74, 6) is -0.852. The largest absolute Gasteiger partial charge is 0.481 e. The quantitative estimate of drug-likeness (QED) is 0.672. The molecule has 1 aliphatic carbocycles. The Bertz CT molecular complexity index is 926. The van der Waals surface area contributed by atoms with Gasteiger partial charge in [-0.1, -0.05) is 50.2 Å². The smallest absolute Gasteiger partial charge is 0.320 e. The Balaban J connectivity index is 1.77. The van der Waals surface area contributed by atoms with Crippen LogP contribution in [0, 0.1) is 17.8 Å². The van der Waals surface area contributed by atoms with Crippen molar-refractivity contribution >= 4 is 11.9 Å². The second-order valence-corrected chi connectivity index (χ2v) is 8.62. The van der Waals surface area contributed by atoms with Crippen molar-refractivity contribution in [3.8, 4) is 11.5 Å². The van der Waals surface area contributed by atoms with Crippen molar-refractivity contribution in [2.45, 2.75) is 38.2 Å². The molecule has 158 valence electrons. The fraction of sp³-hybridized carbons (Fsp3) is 0.417. The second kappa shape index (κ2) is 7.76. The molecule has 3 N–H and O–H groups in total. The molecule has 0 radical (unpaired) electrons. The fourth-order valence-corrected chi connectivity index (χ4v) is 4.98. The van der Waals surface area contributed by atoms with Crippen LogP contribution in [0.1, 0.15) is 43.7 Å². The first-order chi connectivity index (χ1) is 14.4. The molecular formula is C24H27NO5. The number of ether oxygens (including phenoxy) is 2. The molecule has 1 saturated carbocycles. The molecule has 2 aromatic rings. The molecule has 6 nitrogen and oxygen atoms in total. The standard InChI is InChI=1S/C24H27NO5/c1-14(2)11-18-22(23(27)28)24(18,30-21(26)13-25)12-17-15-7-3-5-9-19(15)29-20-10-6-4-8-16(17)20/h3-10,14,17-18,22H,11-13,25H2,1-2H3,(H,27,28). The molecule has 6 heteroatoms. The molecule has 1 heterocycles. The zero-order valence-electron chi connectivity index (χ0n) is 17.2. The van der Waals surface area contributed by atoms with Gasteiger partial charge in [0, 0.05) is 23.0 Å². The fourth-order valence-electron chi connectivity index (χ4n) is 4.98. The summed E-state index contributed by atoms with van der Waals surface area (Å²) in [6.45, 7) is 3.82. The van der Waals surface area contributed by atoms with Crippen molar-refractivity contribution in [2.75, 3.05) is 6.54 Å². The number of fused-ring (bicyclic) bond motifs is 2. The summed E-state index contributed by atoms with van der Waals surface area (Å²) in [4.78, 5) is 24.4. The van der Waals surface area contributed by atoms with Crippen LogP contribution in [-0.2, 0) is 14.3 Å². The van der Waals surface area contributed by atoms with Gasteiger partial charge in [0.1, 0.15) is 23.0 Å². The Hall–Kier alpha value is -2.86. The number of esters is 1. The van der Waals surface area contributed by atoms with Crippen LogP contribution < -0.4 is 10.5 Å². The summed E-state index contributed by atoms with van der Waals surface area (Å²) in [5, 5.41) is 9.93. The molecule has 1 aliphatic heterocycles. The van der Waals surface area contributed by atoms with E-state index in [1.165, 1.54) is 0 Å². The number of nitrogens with two attached hydrogens (primary N) is 1. The van der Waals surface area contributed by atoms with Gasteiger partial charge in [0.2, 0.25) is 0 Å². The summed E-state index contributed by atoms with van der Waals surface area (Å²) in [5.41, 5.74) is 6.39. The molecule has 3 unspecified atom stereocenters. The first-order valence-electron chi connectivity index (χ1n) is 10.4. The maximum atomic E-state index is 12.2. The number of benzene rings is 2. The Morgan fingerprint density at radius 3 is 2.17 bits per heavy atom. The molecule has 0 bridgehead atoms. The van der Waals surface area contributed by atoms with Crippen LogP contribution >= 0.6 is 0 Å². The molecule has 0 amide bonds. The number of rotatable bonds is 7. The van der Waals surface area contributed by atoms with Gasteiger partial charge in [-0.2, -0.15) is 0 Å². The highest BCUT2D eigenvalue weighted by atomic mass is 16.6. The predicted molar refractivity (Wildman–Crippen MR) is 111 cm³/mol. The lowest BCUT2D eigenvalue weighted by atomic mass is 9.82.